The van der Waals surface area contributed by atoms with Crippen molar-refractivity contribution in [2.45, 2.75) is 39.2 Å². The van der Waals surface area contributed by atoms with Crippen LogP contribution in [-0.2, 0) is 12.5 Å². The highest BCUT2D eigenvalue weighted by Crippen LogP contribution is 2.37. The second-order valence-corrected chi connectivity index (χ2v) is 9.74. The molecule has 3 nitrogen and oxygen atoms in total. The van der Waals surface area contributed by atoms with Crippen molar-refractivity contribution in [1.82, 2.24) is 5.16 Å². The summed E-state index contributed by atoms with van der Waals surface area (Å²) >= 11 is 19.3. The molecular formula is C29H26Cl3NO2. The number of ether oxygens (including phenoxy) is 1. The molecular weight excluding hydrogens is 501 g/mol. The zero-order valence-corrected chi connectivity index (χ0v) is 22.1. The van der Waals surface area contributed by atoms with Gasteiger partial charge in [0.25, 0.3) is 0 Å². The second kappa shape index (κ2) is 11.3. The van der Waals surface area contributed by atoms with E-state index in [0.29, 0.717) is 27.4 Å². The number of benzene rings is 3. The van der Waals surface area contributed by atoms with E-state index in [1.807, 2.05) is 54.6 Å². The van der Waals surface area contributed by atoms with Crippen LogP contribution >= 0.6 is 34.8 Å². The lowest BCUT2D eigenvalue weighted by Gasteiger charge is -2.12. The van der Waals surface area contributed by atoms with Crippen LogP contribution in [0.1, 0.15) is 53.3 Å². The standard InChI is InChI=1S/C29H26Cl3NO2/c1-18(2)29-24(28(33-35-29)27-22(16-30)8-5-9-25(27)31)17-34-23-13-12-21(26(32)15-23)11-10-20-7-4-6-19(3)14-20/h4-15,18H,16-17H2,1-3H3/b11-10+. The van der Waals surface area contributed by atoms with Crippen LogP contribution in [0, 0.1) is 6.92 Å². The van der Waals surface area contributed by atoms with Crippen LogP contribution in [0.3, 0.4) is 0 Å². The van der Waals surface area contributed by atoms with Crippen molar-refractivity contribution < 1.29 is 9.26 Å². The Morgan fingerprint density at radius 1 is 0.971 bits per heavy atom. The van der Waals surface area contributed by atoms with Crippen LogP contribution in [0.15, 0.2) is 65.2 Å². The molecule has 6 heteroatoms. The van der Waals surface area contributed by atoms with Crippen LogP contribution < -0.4 is 4.74 Å². The number of nitrogens with zero attached hydrogens (tertiary/aromatic N) is 1. The van der Waals surface area contributed by atoms with Gasteiger partial charge in [0, 0.05) is 17.4 Å². The molecule has 3 aromatic carbocycles. The molecule has 180 valence electrons. The fourth-order valence-corrected chi connectivity index (χ4v) is 4.64. The van der Waals surface area contributed by atoms with Gasteiger partial charge < -0.3 is 9.26 Å². The Balaban J connectivity index is 1.58. The van der Waals surface area contributed by atoms with Crippen molar-refractivity contribution in [1.29, 1.82) is 0 Å². The molecule has 0 unspecified atom stereocenters. The molecule has 1 heterocycles. The van der Waals surface area contributed by atoms with Gasteiger partial charge >= 0.3 is 0 Å². The number of aromatic nitrogens is 1. The molecule has 0 bridgehead atoms. The van der Waals surface area contributed by atoms with Crippen molar-refractivity contribution in [3.8, 4) is 17.0 Å². The third kappa shape index (κ3) is 5.92. The summed E-state index contributed by atoms with van der Waals surface area (Å²) < 4.78 is 11.9. The first-order valence-corrected chi connectivity index (χ1v) is 12.7. The molecule has 0 atom stereocenters. The van der Waals surface area contributed by atoms with Crippen molar-refractivity contribution in [2.75, 3.05) is 0 Å². The molecule has 1 aromatic heterocycles. The van der Waals surface area contributed by atoms with Gasteiger partial charge in [-0.05, 0) is 47.9 Å². The first kappa shape index (κ1) is 25.4. The zero-order valence-electron chi connectivity index (χ0n) is 19.8. The SMILES string of the molecule is Cc1cccc(/C=C/c2ccc(OCc3c(-c4c(Cl)cccc4CCl)noc3C(C)C)cc2Cl)c1. The Labute approximate surface area is 221 Å². The summed E-state index contributed by atoms with van der Waals surface area (Å²) in [6.45, 7) is 6.43. The minimum absolute atomic E-state index is 0.120. The molecule has 0 saturated heterocycles. The van der Waals surface area contributed by atoms with Gasteiger partial charge in [-0.2, -0.15) is 0 Å². The molecule has 0 spiro atoms. The Morgan fingerprint density at radius 3 is 2.49 bits per heavy atom. The summed E-state index contributed by atoms with van der Waals surface area (Å²) in [5.41, 5.74) is 6.41. The third-order valence-electron chi connectivity index (χ3n) is 5.68. The number of rotatable bonds is 8. The second-order valence-electron chi connectivity index (χ2n) is 8.66. The van der Waals surface area contributed by atoms with Gasteiger partial charge in [-0.1, -0.05) is 96.3 Å². The maximum absolute atomic E-state index is 6.56. The molecule has 0 amide bonds. The summed E-state index contributed by atoms with van der Waals surface area (Å²) in [5, 5.41) is 5.53. The van der Waals surface area contributed by atoms with Gasteiger partial charge in [0.2, 0.25) is 0 Å². The van der Waals surface area contributed by atoms with Crippen LogP contribution in [0.5, 0.6) is 5.75 Å². The molecule has 0 fully saturated rings. The number of hydrogen-bond donors (Lipinski definition) is 0. The zero-order chi connectivity index (χ0) is 24.9. The van der Waals surface area contributed by atoms with E-state index in [2.05, 4.69) is 44.1 Å². The first-order chi connectivity index (χ1) is 16.9. The van der Waals surface area contributed by atoms with E-state index in [1.165, 1.54) is 5.56 Å². The first-order valence-electron chi connectivity index (χ1n) is 11.4. The number of halogens is 3. The average Bonchev–Trinajstić information content (AvgIpc) is 3.25. The predicted molar refractivity (Wildman–Crippen MR) is 146 cm³/mol. The van der Waals surface area contributed by atoms with E-state index in [4.69, 9.17) is 44.1 Å². The number of hydrogen-bond acceptors (Lipinski definition) is 3. The maximum Gasteiger partial charge on any atom is 0.146 e. The number of aryl methyl sites for hydroxylation is 1. The van der Waals surface area contributed by atoms with E-state index in [9.17, 15) is 0 Å². The Hall–Kier alpha value is -2.72. The lowest BCUT2D eigenvalue weighted by atomic mass is 9.98. The molecule has 4 rings (SSSR count). The molecule has 0 aliphatic rings. The largest absolute Gasteiger partial charge is 0.489 e. The van der Waals surface area contributed by atoms with E-state index in [0.717, 1.165) is 33.6 Å². The van der Waals surface area contributed by atoms with E-state index in [-0.39, 0.29) is 12.5 Å². The van der Waals surface area contributed by atoms with Gasteiger partial charge in [0.1, 0.15) is 23.8 Å². The molecule has 0 aliphatic heterocycles. The Kier molecular flexibility index (Phi) is 8.22. The molecule has 0 aliphatic carbocycles. The maximum atomic E-state index is 6.56. The van der Waals surface area contributed by atoms with Crippen LogP contribution in [0.25, 0.3) is 23.4 Å². The van der Waals surface area contributed by atoms with Crippen molar-refractivity contribution in [3.63, 3.8) is 0 Å². The van der Waals surface area contributed by atoms with Crippen molar-refractivity contribution >= 4 is 47.0 Å². The number of alkyl halides is 1. The van der Waals surface area contributed by atoms with E-state index >= 15 is 0 Å². The highest BCUT2D eigenvalue weighted by Gasteiger charge is 2.24. The summed E-state index contributed by atoms with van der Waals surface area (Å²) in [5.74, 6) is 1.84. The van der Waals surface area contributed by atoms with Gasteiger partial charge in [-0.3, -0.25) is 0 Å². The molecule has 35 heavy (non-hydrogen) atoms. The van der Waals surface area contributed by atoms with E-state index in [1.54, 1.807) is 0 Å². The fraction of sp³-hybridized carbons (Fsp3) is 0.207. The fourth-order valence-electron chi connectivity index (χ4n) is 3.91. The quantitative estimate of drug-likeness (QED) is 0.169. The van der Waals surface area contributed by atoms with Crippen LogP contribution in [-0.4, -0.2) is 5.16 Å². The molecule has 0 radical (unpaired) electrons. The highest BCUT2D eigenvalue weighted by atomic mass is 35.5. The van der Waals surface area contributed by atoms with Crippen molar-refractivity contribution in [2.24, 2.45) is 0 Å². The van der Waals surface area contributed by atoms with E-state index < -0.39 is 0 Å². The molecule has 0 N–H and O–H groups in total. The minimum atomic E-state index is 0.120. The Morgan fingerprint density at radius 2 is 1.77 bits per heavy atom. The normalized spacial score (nSPS) is 11.5. The van der Waals surface area contributed by atoms with Gasteiger partial charge in [0.05, 0.1) is 15.6 Å². The summed E-state index contributed by atoms with van der Waals surface area (Å²) in [6, 6.07) is 19.6. The van der Waals surface area contributed by atoms with Gasteiger partial charge in [-0.15, -0.1) is 11.6 Å². The minimum Gasteiger partial charge on any atom is -0.489 e. The lowest BCUT2D eigenvalue weighted by Crippen LogP contribution is -2.02. The predicted octanol–water partition coefficient (Wildman–Crippen LogP) is 9.57. The summed E-state index contributed by atoms with van der Waals surface area (Å²) in [7, 11) is 0. The Bertz CT molecular complexity index is 1360. The summed E-state index contributed by atoms with van der Waals surface area (Å²) in [4.78, 5) is 0. The van der Waals surface area contributed by atoms with Crippen molar-refractivity contribution in [3.05, 3.63) is 104 Å². The average molecular weight is 527 g/mol. The monoisotopic (exact) mass is 525 g/mol. The lowest BCUT2D eigenvalue weighted by molar-refractivity contribution is 0.298. The topological polar surface area (TPSA) is 35.3 Å². The smallest absolute Gasteiger partial charge is 0.146 e. The van der Waals surface area contributed by atoms with Crippen LogP contribution in [0.4, 0.5) is 0 Å². The van der Waals surface area contributed by atoms with Gasteiger partial charge in [0.15, 0.2) is 0 Å². The third-order valence-corrected chi connectivity index (χ3v) is 6.61. The summed E-state index contributed by atoms with van der Waals surface area (Å²) in [6.07, 6.45) is 4.05. The van der Waals surface area contributed by atoms with Crippen LogP contribution in [0.2, 0.25) is 10.0 Å². The molecule has 0 saturated carbocycles. The van der Waals surface area contributed by atoms with Gasteiger partial charge in [-0.25, -0.2) is 0 Å². The molecule has 4 aromatic rings. The highest BCUT2D eigenvalue weighted by molar-refractivity contribution is 6.33.